The molecule has 13 heavy (non-hydrogen) atoms. The van der Waals surface area contributed by atoms with Gasteiger partial charge in [-0.15, -0.1) is 0 Å². The van der Waals surface area contributed by atoms with Crippen LogP contribution in [-0.4, -0.2) is 31.0 Å². The summed E-state index contributed by atoms with van der Waals surface area (Å²) in [4.78, 5) is 0.347. The van der Waals surface area contributed by atoms with E-state index in [0.29, 0.717) is 11.4 Å². The second-order valence-electron chi connectivity index (χ2n) is 3.13. The quantitative estimate of drug-likeness (QED) is 0.658. The van der Waals surface area contributed by atoms with Crippen LogP contribution in [0.5, 0.6) is 0 Å². The Balaban J connectivity index is 2.55. The number of rotatable bonds is 1. The van der Waals surface area contributed by atoms with Crippen LogP contribution in [0.2, 0.25) is 0 Å². The predicted molar refractivity (Wildman–Crippen MR) is 47.0 cm³/mol. The molecule has 1 N–H and O–H groups in total. The minimum atomic E-state index is -3.12. The first-order valence-electron chi connectivity index (χ1n) is 4.04. The lowest BCUT2D eigenvalue weighted by molar-refractivity contribution is 0.470. The van der Waals surface area contributed by atoms with Crippen molar-refractivity contribution in [3.63, 3.8) is 0 Å². The summed E-state index contributed by atoms with van der Waals surface area (Å²) in [6.07, 6.45) is 2.64. The lowest BCUT2D eigenvalue weighted by Gasteiger charge is -2.15. The molecule has 6 heteroatoms. The fourth-order valence-electron chi connectivity index (χ4n) is 1.47. The van der Waals surface area contributed by atoms with Crippen LogP contribution >= 0.6 is 0 Å². The van der Waals surface area contributed by atoms with Crippen molar-refractivity contribution >= 4 is 9.84 Å². The van der Waals surface area contributed by atoms with Crippen LogP contribution in [0.25, 0.3) is 0 Å². The van der Waals surface area contributed by atoms with Crippen LogP contribution in [0.1, 0.15) is 5.69 Å². The van der Waals surface area contributed by atoms with Gasteiger partial charge in [0.2, 0.25) is 0 Å². The van der Waals surface area contributed by atoms with E-state index in [-0.39, 0.29) is 0 Å². The Kier molecular flexibility index (Phi) is 1.88. The van der Waals surface area contributed by atoms with Crippen molar-refractivity contribution in [2.24, 2.45) is 0 Å². The molecule has 5 nitrogen and oxygen atoms in total. The Labute approximate surface area is 76.7 Å². The van der Waals surface area contributed by atoms with Crippen molar-refractivity contribution in [3.05, 3.63) is 11.9 Å². The van der Waals surface area contributed by atoms with Gasteiger partial charge in [0.25, 0.3) is 0 Å². The molecule has 0 radical (unpaired) electrons. The van der Waals surface area contributed by atoms with E-state index in [2.05, 4.69) is 10.4 Å². The molecule has 2 heterocycles. The third-order valence-corrected chi connectivity index (χ3v) is 3.24. The molecule has 0 amide bonds. The maximum atomic E-state index is 11.3. The minimum absolute atomic E-state index is 0.347. The third kappa shape index (κ3) is 1.47. The smallest absolute Gasteiger partial charge is 0.178 e. The largest absolute Gasteiger partial charge is 0.309 e. The molecule has 0 unspecified atom stereocenters. The molecule has 1 aromatic rings. The van der Waals surface area contributed by atoms with E-state index in [1.54, 1.807) is 4.68 Å². The Morgan fingerprint density at radius 1 is 1.62 bits per heavy atom. The zero-order valence-electron chi connectivity index (χ0n) is 7.32. The Bertz CT molecular complexity index is 421. The molecule has 1 aliphatic heterocycles. The van der Waals surface area contributed by atoms with Gasteiger partial charge >= 0.3 is 0 Å². The van der Waals surface area contributed by atoms with Gasteiger partial charge in [0.05, 0.1) is 18.4 Å². The first-order valence-corrected chi connectivity index (χ1v) is 5.93. The topological polar surface area (TPSA) is 64.0 Å². The monoisotopic (exact) mass is 201 g/mol. The summed E-state index contributed by atoms with van der Waals surface area (Å²) in [5.41, 5.74) is 0.772. The molecule has 1 aromatic heterocycles. The first kappa shape index (κ1) is 8.71. The van der Waals surface area contributed by atoms with Crippen LogP contribution in [0.15, 0.2) is 11.1 Å². The molecule has 0 atom stereocenters. The molecule has 1 aliphatic rings. The molecule has 72 valence electrons. The van der Waals surface area contributed by atoms with Crippen LogP contribution in [0, 0.1) is 0 Å². The summed E-state index contributed by atoms with van der Waals surface area (Å²) in [7, 11) is -3.12. The number of nitrogens with zero attached hydrogens (tertiary/aromatic N) is 2. The minimum Gasteiger partial charge on any atom is -0.309 e. The highest BCUT2D eigenvalue weighted by molar-refractivity contribution is 7.90. The van der Waals surface area contributed by atoms with Gasteiger partial charge in [-0.05, 0) is 0 Å². The van der Waals surface area contributed by atoms with Crippen LogP contribution in [0.3, 0.4) is 0 Å². The average Bonchev–Trinajstić information content (AvgIpc) is 2.45. The third-order valence-electron chi connectivity index (χ3n) is 2.10. The number of aromatic nitrogens is 2. The SMILES string of the molecule is CS(=O)(=O)c1cnn2c1CNCC2. The predicted octanol–water partition coefficient (Wildman–Crippen LogP) is -0.610. The maximum Gasteiger partial charge on any atom is 0.178 e. The lowest BCUT2D eigenvalue weighted by atomic mass is 10.3. The molecule has 0 spiro atoms. The highest BCUT2D eigenvalue weighted by atomic mass is 32.2. The Hall–Kier alpha value is -0.880. The van der Waals surface area contributed by atoms with E-state index in [4.69, 9.17) is 0 Å². The van der Waals surface area contributed by atoms with E-state index in [0.717, 1.165) is 18.8 Å². The summed E-state index contributed by atoms with van der Waals surface area (Å²) >= 11 is 0. The second-order valence-corrected chi connectivity index (χ2v) is 5.11. The van der Waals surface area contributed by atoms with Crippen LogP contribution in [0.4, 0.5) is 0 Å². The van der Waals surface area contributed by atoms with Crippen molar-refractivity contribution in [1.29, 1.82) is 0 Å². The fourth-order valence-corrected chi connectivity index (χ4v) is 2.31. The number of hydrogen-bond donors (Lipinski definition) is 1. The normalized spacial score (nSPS) is 17.0. The molecule has 0 aliphatic carbocycles. The summed E-state index contributed by atoms with van der Waals surface area (Å²) in [6.45, 7) is 2.17. The van der Waals surface area contributed by atoms with E-state index in [9.17, 15) is 8.42 Å². The van der Waals surface area contributed by atoms with Crippen molar-refractivity contribution in [3.8, 4) is 0 Å². The van der Waals surface area contributed by atoms with Gasteiger partial charge in [0, 0.05) is 19.3 Å². The van der Waals surface area contributed by atoms with Crippen molar-refractivity contribution in [2.75, 3.05) is 12.8 Å². The summed E-state index contributed by atoms with van der Waals surface area (Å²) in [6, 6.07) is 0. The molecule has 0 bridgehead atoms. The van der Waals surface area contributed by atoms with Gasteiger partial charge in [-0.1, -0.05) is 0 Å². The Morgan fingerprint density at radius 3 is 3.08 bits per heavy atom. The fraction of sp³-hybridized carbons (Fsp3) is 0.571. The Morgan fingerprint density at radius 2 is 2.38 bits per heavy atom. The molecule has 2 rings (SSSR count). The lowest BCUT2D eigenvalue weighted by Crippen LogP contribution is -2.29. The second kappa shape index (κ2) is 2.81. The molecular formula is C7H11N3O2S. The number of fused-ring (bicyclic) bond motifs is 1. The molecule has 0 aromatic carbocycles. The molecule has 0 fully saturated rings. The van der Waals surface area contributed by atoms with Gasteiger partial charge < -0.3 is 5.32 Å². The molecular weight excluding hydrogens is 190 g/mol. The number of sulfone groups is 1. The standard InChI is InChI=1S/C7H11N3O2S/c1-13(11,12)7-5-9-10-3-2-8-4-6(7)10/h5,8H,2-4H2,1H3. The van der Waals surface area contributed by atoms with E-state index in [1.807, 2.05) is 0 Å². The highest BCUT2D eigenvalue weighted by Crippen LogP contribution is 2.16. The summed E-state index contributed by atoms with van der Waals surface area (Å²) in [5, 5.41) is 7.13. The number of nitrogens with one attached hydrogen (secondary N) is 1. The van der Waals surface area contributed by atoms with E-state index in [1.165, 1.54) is 12.5 Å². The van der Waals surface area contributed by atoms with Crippen LogP contribution in [-0.2, 0) is 22.9 Å². The van der Waals surface area contributed by atoms with Crippen molar-refractivity contribution in [1.82, 2.24) is 15.1 Å². The molecule has 0 saturated carbocycles. The van der Waals surface area contributed by atoms with Gasteiger partial charge in [-0.25, -0.2) is 8.42 Å². The van der Waals surface area contributed by atoms with Crippen molar-refractivity contribution in [2.45, 2.75) is 18.0 Å². The van der Waals surface area contributed by atoms with E-state index >= 15 is 0 Å². The van der Waals surface area contributed by atoms with Crippen LogP contribution < -0.4 is 5.32 Å². The first-order chi connectivity index (χ1) is 6.09. The zero-order chi connectivity index (χ0) is 9.47. The average molecular weight is 201 g/mol. The van der Waals surface area contributed by atoms with Gasteiger partial charge in [0.1, 0.15) is 4.90 Å². The van der Waals surface area contributed by atoms with E-state index < -0.39 is 9.84 Å². The zero-order valence-corrected chi connectivity index (χ0v) is 8.13. The van der Waals surface area contributed by atoms with Gasteiger partial charge in [0.15, 0.2) is 9.84 Å². The number of hydrogen-bond acceptors (Lipinski definition) is 4. The van der Waals surface area contributed by atoms with Crippen molar-refractivity contribution < 1.29 is 8.42 Å². The highest BCUT2D eigenvalue weighted by Gasteiger charge is 2.20. The summed E-state index contributed by atoms with van der Waals surface area (Å²) < 4.78 is 24.3. The maximum absolute atomic E-state index is 11.3. The summed E-state index contributed by atoms with van der Waals surface area (Å²) in [5.74, 6) is 0. The molecule has 0 saturated heterocycles. The van der Waals surface area contributed by atoms with Gasteiger partial charge in [-0.3, -0.25) is 4.68 Å². The van der Waals surface area contributed by atoms with Gasteiger partial charge in [-0.2, -0.15) is 5.10 Å².